The molecule has 0 unspecified atom stereocenters. The van der Waals surface area contributed by atoms with Crippen molar-refractivity contribution in [2.75, 3.05) is 18.8 Å². The molecule has 134 valence electrons. The SMILES string of the molecule is Cc1ccc(-c2nnc(SCC(=O)N3CCCC3)c3nc(C)sc23)cc1. The Kier molecular flexibility index (Phi) is 4.91. The number of hydrogen-bond donors (Lipinski definition) is 0. The van der Waals surface area contributed by atoms with Gasteiger partial charge in [-0.3, -0.25) is 4.79 Å². The van der Waals surface area contributed by atoms with Gasteiger partial charge in [0.1, 0.15) is 16.2 Å². The molecular formula is C19H20N4OS2. The van der Waals surface area contributed by atoms with Crippen LogP contribution in [0, 0.1) is 13.8 Å². The van der Waals surface area contributed by atoms with Crippen LogP contribution in [0.3, 0.4) is 0 Å². The van der Waals surface area contributed by atoms with Crippen molar-refractivity contribution in [1.82, 2.24) is 20.1 Å². The molecular weight excluding hydrogens is 364 g/mol. The lowest BCUT2D eigenvalue weighted by Gasteiger charge is -2.14. The minimum Gasteiger partial charge on any atom is -0.342 e. The normalized spacial score (nSPS) is 14.3. The molecule has 1 aromatic carbocycles. The fraction of sp³-hybridized carbons (Fsp3) is 0.368. The van der Waals surface area contributed by atoms with Crippen LogP contribution in [-0.2, 0) is 4.79 Å². The van der Waals surface area contributed by atoms with Crippen molar-refractivity contribution in [1.29, 1.82) is 0 Å². The topological polar surface area (TPSA) is 59.0 Å². The maximum absolute atomic E-state index is 12.3. The molecule has 1 fully saturated rings. The zero-order valence-corrected chi connectivity index (χ0v) is 16.5. The van der Waals surface area contributed by atoms with Crippen molar-refractivity contribution in [3.05, 3.63) is 34.8 Å². The van der Waals surface area contributed by atoms with E-state index in [0.29, 0.717) is 5.75 Å². The van der Waals surface area contributed by atoms with E-state index in [9.17, 15) is 4.79 Å². The van der Waals surface area contributed by atoms with Gasteiger partial charge < -0.3 is 4.90 Å². The lowest BCUT2D eigenvalue weighted by molar-refractivity contribution is -0.127. The fourth-order valence-electron chi connectivity index (χ4n) is 3.11. The zero-order chi connectivity index (χ0) is 18.1. The smallest absolute Gasteiger partial charge is 0.232 e. The van der Waals surface area contributed by atoms with Crippen LogP contribution in [0.1, 0.15) is 23.4 Å². The summed E-state index contributed by atoms with van der Waals surface area (Å²) in [6.45, 7) is 5.82. The minimum absolute atomic E-state index is 0.178. The van der Waals surface area contributed by atoms with Crippen LogP contribution in [0.25, 0.3) is 21.5 Å². The number of carbonyl (C=O) groups excluding carboxylic acids is 1. The number of aromatic nitrogens is 3. The second-order valence-electron chi connectivity index (χ2n) is 6.51. The molecule has 7 heteroatoms. The second-order valence-corrected chi connectivity index (χ2v) is 8.67. The summed E-state index contributed by atoms with van der Waals surface area (Å²) in [6, 6.07) is 8.29. The van der Waals surface area contributed by atoms with Crippen molar-refractivity contribution >= 4 is 39.2 Å². The molecule has 1 aliphatic heterocycles. The van der Waals surface area contributed by atoms with Crippen LogP contribution in [0.4, 0.5) is 0 Å². The van der Waals surface area contributed by atoms with E-state index in [1.54, 1.807) is 11.3 Å². The van der Waals surface area contributed by atoms with E-state index in [0.717, 1.165) is 57.4 Å². The Morgan fingerprint density at radius 2 is 1.88 bits per heavy atom. The van der Waals surface area contributed by atoms with Crippen molar-refractivity contribution in [2.24, 2.45) is 0 Å². The van der Waals surface area contributed by atoms with Gasteiger partial charge in [0.25, 0.3) is 0 Å². The standard InChI is InChI=1S/C19H20N4OS2/c1-12-5-7-14(8-6-12)16-18-17(20-13(2)26-18)19(22-21-16)25-11-15(24)23-9-3-4-10-23/h5-8H,3-4,9-11H2,1-2H3. The largest absolute Gasteiger partial charge is 0.342 e. The predicted molar refractivity (Wildman–Crippen MR) is 107 cm³/mol. The molecule has 1 amide bonds. The van der Waals surface area contributed by atoms with Gasteiger partial charge in [0.15, 0.2) is 0 Å². The van der Waals surface area contributed by atoms with E-state index in [-0.39, 0.29) is 5.91 Å². The third kappa shape index (κ3) is 3.46. The number of thioether (sulfide) groups is 1. The monoisotopic (exact) mass is 384 g/mol. The van der Waals surface area contributed by atoms with Crippen LogP contribution < -0.4 is 0 Å². The Hall–Kier alpha value is -1.99. The lowest BCUT2D eigenvalue weighted by atomic mass is 10.1. The summed E-state index contributed by atoms with van der Waals surface area (Å²) >= 11 is 3.07. The number of thiazole rings is 1. The predicted octanol–water partition coefficient (Wildman–Crippen LogP) is 4.08. The Labute approximate surface area is 160 Å². The van der Waals surface area contributed by atoms with Crippen LogP contribution in [0.15, 0.2) is 29.3 Å². The molecule has 3 aromatic rings. The molecule has 26 heavy (non-hydrogen) atoms. The third-order valence-corrected chi connectivity index (χ3v) is 6.43. The summed E-state index contributed by atoms with van der Waals surface area (Å²) in [5.74, 6) is 0.571. The molecule has 4 rings (SSSR count). The Morgan fingerprint density at radius 1 is 1.15 bits per heavy atom. The summed E-state index contributed by atoms with van der Waals surface area (Å²) in [5, 5.41) is 10.6. The molecule has 0 bridgehead atoms. The molecule has 1 aliphatic rings. The summed E-state index contributed by atoms with van der Waals surface area (Å²) < 4.78 is 1.04. The van der Waals surface area contributed by atoms with Crippen LogP contribution in [0.2, 0.25) is 0 Å². The summed E-state index contributed by atoms with van der Waals surface area (Å²) in [4.78, 5) is 18.9. The number of benzene rings is 1. The number of hydrogen-bond acceptors (Lipinski definition) is 6. The molecule has 5 nitrogen and oxygen atoms in total. The highest BCUT2D eigenvalue weighted by atomic mass is 32.2. The van der Waals surface area contributed by atoms with Gasteiger partial charge in [0, 0.05) is 18.7 Å². The first-order chi connectivity index (χ1) is 12.6. The highest BCUT2D eigenvalue weighted by Gasteiger charge is 2.20. The summed E-state index contributed by atoms with van der Waals surface area (Å²) in [6.07, 6.45) is 2.22. The van der Waals surface area contributed by atoms with E-state index in [2.05, 4.69) is 46.4 Å². The average molecular weight is 385 g/mol. The summed E-state index contributed by atoms with van der Waals surface area (Å²) in [5.41, 5.74) is 3.98. The van der Waals surface area contributed by atoms with Gasteiger partial charge in [-0.1, -0.05) is 41.6 Å². The minimum atomic E-state index is 0.178. The molecule has 1 saturated heterocycles. The number of nitrogens with zero attached hydrogens (tertiary/aromatic N) is 4. The summed E-state index contributed by atoms with van der Waals surface area (Å²) in [7, 11) is 0. The first kappa shape index (κ1) is 17.4. The lowest BCUT2D eigenvalue weighted by Crippen LogP contribution is -2.29. The van der Waals surface area contributed by atoms with Gasteiger partial charge in [-0.15, -0.1) is 21.5 Å². The van der Waals surface area contributed by atoms with Crippen LogP contribution in [0.5, 0.6) is 0 Å². The van der Waals surface area contributed by atoms with Gasteiger partial charge in [-0.05, 0) is 26.7 Å². The number of likely N-dealkylation sites (tertiary alicyclic amines) is 1. The molecule has 0 radical (unpaired) electrons. The first-order valence-electron chi connectivity index (χ1n) is 8.73. The Bertz CT molecular complexity index is 946. The van der Waals surface area contributed by atoms with Crippen LogP contribution in [-0.4, -0.2) is 44.8 Å². The van der Waals surface area contributed by atoms with E-state index in [1.165, 1.54) is 17.3 Å². The van der Waals surface area contributed by atoms with E-state index in [1.807, 2.05) is 11.8 Å². The van der Waals surface area contributed by atoms with Crippen molar-refractivity contribution < 1.29 is 4.79 Å². The van der Waals surface area contributed by atoms with Gasteiger partial charge in [-0.25, -0.2) is 4.98 Å². The van der Waals surface area contributed by atoms with E-state index in [4.69, 9.17) is 0 Å². The van der Waals surface area contributed by atoms with E-state index >= 15 is 0 Å². The Balaban J connectivity index is 1.63. The number of carbonyl (C=O) groups is 1. The van der Waals surface area contributed by atoms with Crippen molar-refractivity contribution in [2.45, 2.75) is 31.7 Å². The van der Waals surface area contributed by atoms with Crippen molar-refractivity contribution in [3.63, 3.8) is 0 Å². The average Bonchev–Trinajstić information content (AvgIpc) is 3.29. The number of rotatable bonds is 4. The van der Waals surface area contributed by atoms with Gasteiger partial charge in [-0.2, -0.15) is 0 Å². The molecule has 3 heterocycles. The van der Waals surface area contributed by atoms with Crippen molar-refractivity contribution in [3.8, 4) is 11.3 Å². The number of aryl methyl sites for hydroxylation is 2. The second kappa shape index (κ2) is 7.32. The highest BCUT2D eigenvalue weighted by Crippen LogP contribution is 2.35. The van der Waals surface area contributed by atoms with Gasteiger partial charge in [0.05, 0.1) is 15.5 Å². The Morgan fingerprint density at radius 3 is 2.62 bits per heavy atom. The van der Waals surface area contributed by atoms with Gasteiger partial charge in [0.2, 0.25) is 5.91 Å². The third-order valence-electron chi connectivity index (χ3n) is 4.51. The molecule has 0 N–H and O–H groups in total. The first-order valence-corrected chi connectivity index (χ1v) is 10.5. The zero-order valence-electron chi connectivity index (χ0n) is 14.9. The van der Waals surface area contributed by atoms with Crippen LogP contribution >= 0.6 is 23.1 Å². The van der Waals surface area contributed by atoms with E-state index < -0.39 is 0 Å². The molecule has 2 aromatic heterocycles. The molecule has 0 spiro atoms. The maximum atomic E-state index is 12.3. The van der Waals surface area contributed by atoms with Gasteiger partial charge >= 0.3 is 0 Å². The quantitative estimate of drug-likeness (QED) is 0.634. The number of amides is 1. The fourth-order valence-corrected chi connectivity index (χ4v) is 4.92. The number of fused-ring (bicyclic) bond motifs is 1. The molecule has 0 aliphatic carbocycles. The maximum Gasteiger partial charge on any atom is 0.232 e. The molecule has 0 saturated carbocycles. The highest BCUT2D eigenvalue weighted by molar-refractivity contribution is 8.00. The molecule has 0 atom stereocenters.